The van der Waals surface area contributed by atoms with Crippen LogP contribution in [0.1, 0.15) is 42.2 Å². The van der Waals surface area contributed by atoms with Crippen LogP contribution in [0.4, 0.5) is 13.6 Å². The lowest BCUT2D eigenvalue weighted by Gasteiger charge is -2.23. The van der Waals surface area contributed by atoms with Crippen LogP contribution in [0, 0.1) is 11.3 Å². The number of halogens is 2. The van der Waals surface area contributed by atoms with Gasteiger partial charge in [0.15, 0.2) is 0 Å². The van der Waals surface area contributed by atoms with E-state index in [1.54, 1.807) is 6.07 Å². The Kier molecular flexibility index (Phi) is 14.1. The van der Waals surface area contributed by atoms with E-state index in [0.717, 1.165) is 15.7 Å². The molecule has 15 nitrogen and oxygen atoms in total. The number of pyridine rings is 1. The average Bonchev–Trinajstić information content (AvgIpc) is 3.29. The molecule has 0 spiro atoms. The fourth-order valence-electron chi connectivity index (χ4n) is 3.77. The summed E-state index contributed by atoms with van der Waals surface area (Å²) in [5.41, 5.74) is 5.17. The van der Waals surface area contributed by atoms with E-state index in [4.69, 9.17) is 11.0 Å². The zero-order valence-corrected chi connectivity index (χ0v) is 25.1. The van der Waals surface area contributed by atoms with Crippen molar-refractivity contribution in [3.63, 3.8) is 0 Å². The van der Waals surface area contributed by atoms with Crippen molar-refractivity contribution < 1.29 is 47.4 Å². The van der Waals surface area contributed by atoms with Gasteiger partial charge in [0.05, 0.1) is 24.9 Å². The van der Waals surface area contributed by atoms with Gasteiger partial charge in [0.2, 0.25) is 17.7 Å². The van der Waals surface area contributed by atoms with Gasteiger partial charge in [-0.3, -0.25) is 24.2 Å². The van der Waals surface area contributed by atoms with E-state index in [9.17, 15) is 42.7 Å². The summed E-state index contributed by atoms with van der Waals surface area (Å²) in [5.74, 6) is -6.81. The molecule has 1 saturated heterocycles. The SMILES string of the molecule is C[C@@H](NC(=O)c1ccnc(CNC(=O)CCC(=O)NC(CSSCCOC(N)=O)C(=O)O)c1)C(=O)N1CC(F)(F)C[C@H]1C#N. The smallest absolute Gasteiger partial charge is 0.404 e. The number of aromatic nitrogens is 1. The van der Waals surface area contributed by atoms with E-state index < -0.39 is 72.7 Å². The van der Waals surface area contributed by atoms with E-state index in [2.05, 4.69) is 25.7 Å². The zero-order chi connectivity index (χ0) is 32.9. The van der Waals surface area contributed by atoms with Crippen LogP contribution in [0.15, 0.2) is 18.3 Å². The van der Waals surface area contributed by atoms with Crippen molar-refractivity contribution in [3.8, 4) is 6.07 Å². The lowest BCUT2D eigenvalue weighted by molar-refractivity contribution is -0.141. The number of carboxylic acids is 1. The molecular formula is C25H31F2N7O8S2. The van der Waals surface area contributed by atoms with Crippen LogP contribution in [0.3, 0.4) is 0 Å². The molecule has 1 unspecified atom stereocenters. The number of carbonyl (C=O) groups excluding carboxylic acids is 5. The van der Waals surface area contributed by atoms with Gasteiger partial charge in [-0.05, 0) is 19.1 Å². The molecule has 2 rings (SSSR count). The van der Waals surface area contributed by atoms with Gasteiger partial charge in [-0.1, -0.05) is 21.6 Å². The molecule has 1 fully saturated rings. The van der Waals surface area contributed by atoms with E-state index in [1.165, 1.54) is 36.0 Å². The summed E-state index contributed by atoms with van der Waals surface area (Å²) < 4.78 is 31.9. The second kappa shape index (κ2) is 17.2. The molecule has 0 aliphatic carbocycles. The average molecular weight is 660 g/mol. The number of ether oxygens (including phenoxy) is 1. The molecule has 0 radical (unpaired) electrons. The number of hydrogen-bond acceptors (Lipinski definition) is 11. The lowest BCUT2D eigenvalue weighted by Crippen LogP contribution is -2.48. The fraction of sp³-hybridized carbons (Fsp3) is 0.520. The number of hydrogen-bond donors (Lipinski definition) is 5. The molecule has 1 aromatic heterocycles. The fourth-order valence-corrected chi connectivity index (χ4v) is 5.75. The Morgan fingerprint density at radius 2 is 1.93 bits per heavy atom. The third kappa shape index (κ3) is 12.2. The first kappa shape index (κ1) is 36.0. The topological polar surface area (TPSA) is 234 Å². The molecule has 2 heterocycles. The molecule has 1 aliphatic heterocycles. The Morgan fingerprint density at radius 3 is 2.59 bits per heavy atom. The van der Waals surface area contributed by atoms with Gasteiger partial charge in [0.25, 0.3) is 11.8 Å². The second-order valence-electron chi connectivity index (χ2n) is 9.41. The Bertz CT molecular complexity index is 1280. The molecule has 1 aliphatic rings. The number of likely N-dealkylation sites (tertiary alicyclic amines) is 1. The minimum Gasteiger partial charge on any atom is -0.480 e. The first-order valence-electron chi connectivity index (χ1n) is 13.0. The summed E-state index contributed by atoms with van der Waals surface area (Å²) >= 11 is 0. The van der Waals surface area contributed by atoms with Crippen LogP contribution in [-0.4, -0.2) is 99.4 Å². The molecule has 44 heavy (non-hydrogen) atoms. The van der Waals surface area contributed by atoms with Gasteiger partial charge >= 0.3 is 12.1 Å². The van der Waals surface area contributed by atoms with Crippen molar-refractivity contribution in [3.05, 3.63) is 29.6 Å². The van der Waals surface area contributed by atoms with Crippen LogP contribution in [0.5, 0.6) is 0 Å². The minimum absolute atomic E-state index is 0.0195. The number of amides is 5. The van der Waals surface area contributed by atoms with E-state index in [1.807, 2.05) is 0 Å². The summed E-state index contributed by atoms with van der Waals surface area (Å²) in [7, 11) is 2.37. The highest BCUT2D eigenvalue weighted by Gasteiger charge is 2.48. The normalized spacial score (nSPS) is 16.6. The Labute approximate surface area is 258 Å². The molecular weight excluding hydrogens is 628 g/mol. The van der Waals surface area contributed by atoms with Crippen LogP contribution in [0.2, 0.25) is 0 Å². The molecule has 0 bridgehead atoms. The highest BCUT2D eigenvalue weighted by atomic mass is 33.1. The van der Waals surface area contributed by atoms with Gasteiger partial charge in [0, 0.05) is 42.5 Å². The third-order valence-electron chi connectivity index (χ3n) is 5.91. The van der Waals surface area contributed by atoms with E-state index in [0.29, 0.717) is 5.75 Å². The number of nitrogens with zero attached hydrogens (tertiary/aromatic N) is 3. The summed E-state index contributed by atoms with van der Waals surface area (Å²) in [6, 6.07) is 0.647. The first-order chi connectivity index (χ1) is 20.7. The van der Waals surface area contributed by atoms with Gasteiger partial charge in [-0.2, -0.15) is 5.26 Å². The van der Waals surface area contributed by atoms with Gasteiger partial charge < -0.3 is 36.4 Å². The molecule has 240 valence electrons. The number of carbonyl (C=O) groups is 6. The van der Waals surface area contributed by atoms with Gasteiger partial charge in [-0.25, -0.2) is 18.4 Å². The number of aliphatic carboxylic acids is 1. The van der Waals surface area contributed by atoms with Crippen molar-refractivity contribution >= 4 is 57.3 Å². The zero-order valence-electron chi connectivity index (χ0n) is 23.4. The predicted octanol–water partition coefficient (Wildman–Crippen LogP) is 0.402. The number of nitrogens with two attached hydrogens (primary N) is 1. The lowest BCUT2D eigenvalue weighted by atomic mass is 10.1. The van der Waals surface area contributed by atoms with Crippen molar-refractivity contribution in [1.29, 1.82) is 5.26 Å². The summed E-state index contributed by atoms with van der Waals surface area (Å²) in [6.07, 6.45) is -0.965. The largest absolute Gasteiger partial charge is 0.480 e. The number of primary amides is 1. The molecule has 0 aromatic carbocycles. The van der Waals surface area contributed by atoms with Crippen LogP contribution in [-0.2, 0) is 30.5 Å². The van der Waals surface area contributed by atoms with Gasteiger partial charge in [-0.15, -0.1) is 0 Å². The highest BCUT2D eigenvalue weighted by Crippen LogP contribution is 2.32. The maximum absolute atomic E-state index is 13.7. The summed E-state index contributed by atoms with van der Waals surface area (Å²) in [5, 5.41) is 25.7. The van der Waals surface area contributed by atoms with Gasteiger partial charge in [0.1, 0.15) is 24.7 Å². The molecule has 6 N–H and O–H groups in total. The van der Waals surface area contributed by atoms with Crippen molar-refractivity contribution in [1.82, 2.24) is 25.8 Å². The predicted molar refractivity (Wildman–Crippen MR) is 153 cm³/mol. The van der Waals surface area contributed by atoms with Crippen molar-refractivity contribution in [2.75, 3.05) is 24.7 Å². The maximum Gasteiger partial charge on any atom is 0.404 e. The molecule has 0 saturated carbocycles. The number of nitrogens with one attached hydrogen (secondary N) is 3. The van der Waals surface area contributed by atoms with Crippen LogP contribution < -0.4 is 21.7 Å². The molecule has 5 amide bonds. The number of carboxylic acid groups (broad SMARTS) is 1. The number of alkyl halides is 2. The Hall–Kier alpha value is -4.18. The van der Waals surface area contributed by atoms with Crippen LogP contribution in [0.25, 0.3) is 0 Å². The standard InChI is InChI=1S/C25H31F2N7O8S2/c1-14(22(38)34-13-25(26,27)9-17(34)10-28)32-21(37)15-4-5-30-16(8-15)11-31-19(35)2-3-20(36)33-18(23(39)40)12-44-43-7-6-42-24(29)41/h4-5,8,14,17-18H,2-3,6-7,9,11-13H2,1H3,(H2,29,41)(H,31,35)(H,32,37)(H,33,36)(H,39,40)/t14-,17+,18?/m1/s1. The van der Waals surface area contributed by atoms with Crippen molar-refractivity contribution in [2.24, 2.45) is 5.73 Å². The highest BCUT2D eigenvalue weighted by molar-refractivity contribution is 8.76. The number of nitriles is 1. The van der Waals surface area contributed by atoms with E-state index >= 15 is 0 Å². The minimum atomic E-state index is -3.20. The third-order valence-corrected chi connectivity index (χ3v) is 8.28. The summed E-state index contributed by atoms with van der Waals surface area (Å²) in [4.78, 5) is 76.4. The van der Waals surface area contributed by atoms with Crippen molar-refractivity contribution in [2.45, 2.75) is 56.8 Å². The second-order valence-corrected chi connectivity index (χ2v) is 12.0. The van der Waals surface area contributed by atoms with E-state index in [-0.39, 0.29) is 43.0 Å². The summed E-state index contributed by atoms with van der Waals surface area (Å²) in [6.45, 7) is 0.327. The maximum atomic E-state index is 13.7. The number of rotatable bonds is 16. The van der Waals surface area contributed by atoms with Crippen LogP contribution >= 0.6 is 21.6 Å². The quantitative estimate of drug-likeness (QED) is 0.120. The molecule has 3 atom stereocenters. The first-order valence-corrected chi connectivity index (χ1v) is 15.5. The Balaban J connectivity index is 1.78. The molecule has 1 aromatic rings. The monoisotopic (exact) mass is 659 g/mol. The molecule has 19 heteroatoms. The Morgan fingerprint density at radius 1 is 1.23 bits per heavy atom.